The third-order valence-corrected chi connectivity index (χ3v) is 2.73. The molecule has 0 spiro atoms. The van der Waals surface area contributed by atoms with Gasteiger partial charge in [-0.2, -0.15) is 0 Å². The summed E-state index contributed by atoms with van der Waals surface area (Å²) in [6.07, 6.45) is 1.94. The molecule has 0 aromatic heterocycles. The predicted molar refractivity (Wildman–Crippen MR) is 77.1 cm³/mol. The number of hydrogen-bond acceptors (Lipinski definition) is 3. The van der Waals surface area contributed by atoms with Crippen LogP contribution in [0.4, 0.5) is 20.2 Å². The number of anilines is 1. The van der Waals surface area contributed by atoms with Gasteiger partial charge in [0.1, 0.15) is 11.6 Å². The van der Waals surface area contributed by atoms with E-state index in [1.807, 2.05) is 0 Å². The lowest BCUT2D eigenvalue weighted by atomic mass is 10.2. The Labute approximate surface area is 124 Å². The normalized spacial score (nSPS) is 10.6. The van der Waals surface area contributed by atoms with E-state index in [0.29, 0.717) is 0 Å². The number of benzene rings is 2. The fourth-order valence-electron chi connectivity index (χ4n) is 1.71. The number of nitrogens with one attached hydrogen (secondary N) is 1. The Morgan fingerprint density at radius 3 is 2.41 bits per heavy atom. The smallest absolute Gasteiger partial charge is 0.271 e. The van der Waals surface area contributed by atoms with Gasteiger partial charge < -0.3 is 5.32 Å². The van der Waals surface area contributed by atoms with E-state index in [0.717, 1.165) is 24.3 Å². The number of carbonyl (C=O) groups excluding carboxylic acids is 1. The van der Waals surface area contributed by atoms with Gasteiger partial charge >= 0.3 is 0 Å². The molecule has 0 unspecified atom stereocenters. The molecule has 0 aliphatic heterocycles. The number of carbonyl (C=O) groups is 1. The van der Waals surface area contributed by atoms with Gasteiger partial charge in [-0.25, -0.2) is 8.78 Å². The van der Waals surface area contributed by atoms with Crippen LogP contribution in [0.5, 0.6) is 0 Å². The summed E-state index contributed by atoms with van der Waals surface area (Å²) < 4.78 is 26.7. The molecule has 2 aromatic carbocycles. The van der Waals surface area contributed by atoms with Gasteiger partial charge in [0.15, 0.2) is 0 Å². The van der Waals surface area contributed by atoms with E-state index in [9.17, 15) is 23.7 Å². The minimum Gasteiger partial charge on any atom is -0.322 e. The summed E-state index contributed by atoms with van der Waals surface area (Å²) in [6.45, 7) is 0. The van der Waals surface area contributed by atoms with E-state index in [1.54, 1.807) is 0 Å². The monoisotopic (exact) mass is 304 g/mol. The van der Waals surface area contributed by atoms with E-state index in [4.69, 9.17) is 0 Å². The zero-order chi connectivity index (χ0) is 16.1. The SMILES string of the molecule is O=C(/C=C/c1c(F)cccc1F)Nc1cccc([N+](=O)[O-])c1. The molecule has 0 fully saturated rings. The third kappa shape index (κ3) is 3.72. The molecule has 0 bridgehead atoms. The second kappa shape index (κ2) is 6.57. The fraction of sp³-hybridized carbons (Fsp3) is 0. The van der Waals surface area contributed by atoms with Gasteiger partial charge in [0.25, 0.3) is 5.69 Å². The molecular formula is C15H10F2N2O3. The molecule has 2 rings (SSSR count). The highest BCUT2D eigenvalue weighted by Gasteiger charge is 2.08. The molecule has 0 aliphatic carbocycles. The fourth-order valence-corrected chi connectivity index (χ4v) is 1.71. The van der Waals surface area contributed by atoms with Gasteiger partial charge in [-0.3, -0.25) is 14.9 Å². The van der Waals surface area contributed by atoms with Crippen LogP contribution in [0, 0.1) is 21.7 Å². The molecule has 0 radical (unpaired) electrons. The number of non-ortho nitro benzene ring substituents is 1. The maximum atomic E-state index is 13.4. The molecular weight excluding hydrogens is 294 g/mol. The summed E-state index contributed by atoms with van der Waals surface area (Å²) in [5.74, 6) is -2.25. The van der Waals surface area contributed by atoms with Gasteiger partial charge in [0.05, 0.1) is 4.92 Å². The van der Waals surface area contributed by atoms with E-state index >= 15 is 0 Å². The average molecular weight is 304 g/mol. The second-order valence-corrected chi connectivity index (χ2v) is 4.27. The predicted octanol–water partition coefficient (Wildman–Crippen LogP) is 3.52. The first-order chi connectivity index (χ1) is 10.5. The lowest BCUT2D eigenvalue weighted by Gasteiger charge is -2.02. The molecule has 0 saturated carbocycles. The zero-order valence-electron chi connectivity index (χ0n) is 11.1. The number of nitro groups is 1. The van der Waals surface area contributed by atoms with Crippen molar-refractivity contribution in [2.45, 2.75) is 0 Å². The molecule has 0 heterocycles. The van der Waals surface area contributed by atoms with Crippen molar-refractivity contribution < 1.29 is 18.5 Å². The molecule has 0 saturated heterocycles. The van der Waals surface area contributed by atoms with Crippen molar-refractivity contribution in [2.75, 3.05) is 5.32 Å². The van der Waals surface area contributed by atoms with E-state index in [-0.39, 0.29) is 16.9 Å². The minimum atomic E-state index is -0.792. The molecule has 2 aromatic rings. The highest BCUT2D eigenvalue weighted by molar-refractivity contribution is 6.02. The number of nitro benzene ring substituents is 1. The van der Waals surface area contributed by atoms with Crippen LogP contribution in [0.15, 0.2) is 48.5 Å². The van der Waals surface area contributed by atoms with E-state index in [1.165, 1.54) is 30.3 Å². The topological polar surface area (TPSA) is 72.2 Å². The van der Waals surface area contributed by atoms with Crippen LogP contribution in [-0.2, 0) is 4.79 Å². The van der Waals surface area contributed by atoms with Crippen LogP contribution in [0.25, 0.3) is 6.08 Å². The molecule has 5 nitrogen and oxygen atoms in total. The lowest BCUT2D eigenvalue weighted by Crippen LogP contribution is -2.08. The lowest BCUT2D eigenvalue weighted by molar-refractivity contribution is -0.384. The number of halogens is 2. The molecule has 0 aliphatic rings. The average Bonchev–Trinajstić information content (AvgIpc) is 2.47. The molecule has 22 heavy (non-hydrogen) atoms. The molecule has 1 N–H and O–H groups in total. The third-order valence-electron chi connectivity index (χ3n) is 2.73. The van der Waals surface area contributed by atoms with Crippen LogP contribution < -0.4 is 5.32 Å². The first kappa shape index (κ1) is 15.3. The number of amides is 1. The first-order valence-corrected chi connectivity index (χ1v) is 6.15. The number of nitrogens with zero attached hydrogens (tertiary/aromatic N) is 1. The highest BCUT2D eigenvalue weighted by atomic mass is 19.1. The van der Waals surface area contributed by atoms with Gasteiger partial charge in [0.2, 0.25) is 5.91 Å². The van der Waals surface area contributed by atoms with Crippen LogP contribution in [-0.4, -0.2) is 10.8 Å². The quantitative estimate of drug-likeness (QED) is 0.533. The summed E-state index contributed by atoms with van der Waals surface area (Å²) >= 11 is 0. The molecule has 1 amide bonds. The summed E-state index contributed by atoms with van der Waals surface area (Å²) in [4.78, 5) is 21.7. The van der Waals surface area contributed by atoms with E-state index in [2.05, 4.69) is 5.32 Å². The van der Waals surface area contributed by atoms with Gasteiger partial charge in [-0.1, -0.05) is 12.1 Å². The summed E-state index contributed by atoms with van der Waals surface area (Å²) in [5, 5.41) is 13.0. The molecule has 0 atom stereocenters. The van der Waals surface area contributed by atoms with Gasteiger partial charge in [-0.05, 0) is 24.3 Å². The Kier molecular flexibility index (Phi) is 4.57. The Balaban J connectivity index is 2.12. The number of hydrogen-bond donors (Lipinski definition) is 1. The minimum absolute atomic E-state index is 0.179. The Morgan fingerprint density at radius 2 is 1.77 bits per heavy atom. The van der Waals surface area contributed by atoms with Gasteiger partial charge in [0, 0.05) is 29.5 Å². The standard InChI is InChI=1S/C15H10F2N2O3/c16-13-5-2-6-14(17)12(13)7-8-15(20)18-10-3-1-4-11(9-10)19(21)22/h1-9H,(H,18,20)/b8-7+. The van der Waals surface area contributed by atoms with Crippen molar-refractivity contribution in [3.63, 3.8) is 0 Å². The van der Waals surface area contributed by atoms with Crippen molar-refractivity contribution >= 4 is 23.4 Å². The van der Waals surface area contributed by atoms with Crippen molar-refractivity contribution in [3.8, 4) is 0 Å². The maximum Gasteiger partial charge on any atom is 0.271 e. The van der Waals surface area contributed by atoms with Crippen molar-refractivity contribution in [3.05, 3.63) is 75.9 Å². The largest absolute Gasteiger partial charge is 0.322 e. The molecule has 7 heteroatoms. The van der Waals surface area contributed by atoms with Crippen LogP contribution in [0.1, 0.15) is 5.56 Å². The Bertz CT molecular complexity index is 740. The number of rotatable bonds is 4. The van der Waals surface area contributed by atoms with Crippen LogP contribution in [0.2, 0.25) is 0 Å². The van der Waals surface area contributed by atoms with Crippen molar-refractivity contribution in [1.29, 1.82) is 0 Å². The summed E-state index contributed by atoms with van der Waals surface area (Å²) in [7, 11) is 0. The summed E-state index contributed by atoms with van der Waals surface area (Å²) in [5.41, 5.74) is -0.309. The summed E-state index contributed by atoms with van der Waals surface area (Å²) in [6, 6.07) is 8.68. The van der Waals surface area contributed by atoms with Crippen LogP contribution in [0.3, 0.4) is 0 Å². The Morgan fingerprint density at radius 1 is 1.14 bits per heavy atom. The second-order valence-electron chi connectivity index (χ2n) is 4.27. The Hall–Kier alpha value is -3.09. The van der Waals surface area contributed by atoms with Crippen molar-refractivity contribution in [2.24, 2.45) is 0 Å². The highest BCUT2D eigenvalue weighted by Crippen LogP contribution is 2.17. The van der Waals surface area contributed by atoms with E-state index < -0.39 is 22.5 Å². The maximum absolute atomic E-state index is 13.4. The first-order valence-electron chi connectivity index (χ1n) is 6.15. The zero-order valence-corrected chi connectivity index (χ0v) is 11.1. The van der Waals surface area contributed by atoms with Crippen LogP contribution >= 0.6 is 0 Å². The van der Waals surface area contributed by atoms with Gasteiger partial charge in [-0.15, -0.1) is 0 Å². The molecule has 112 valence electrons. The van der Waals surface area contributed by atoms with Crippen molar-refractivity contribution in [1.82, 2.24) is 0 Å².